The van der Waals surface area contributed by atoms with Crippen molar-refractivity contribution in [2.45, 2.75) is 51.8 Å². The van der Waals surface area contributed by atoms with Gasteiger partial charge in [-0.2, -0.15) is 0 Å². The molecule has 0 aliphatic heterocycles. The van der Waals surface area contributed by atoms with E-state index in [1.807, 2.05) is 38.1 Å². The van der Waals surface area contributed by atoms with Gasteiger partial charge in [-0.05, 0) is 62.9 Å². The number of hydrogen-bond donors (Lipinski definition) is 2. The topological polar surface area (TPSA) is 100 Å². The molecule has 0 fully saturated rings. The van der Waals surface area contributed by atoms with Crippen LogP contribution in [-0.2, 0) is 4.79 Å². The minimum atomic E-state index is -1.19. The fraction of sp³-hybridized carbons (Fsp3) is 0.333. The van der Waals surface area contributed by atoms with Crippen LogP contribution in [0.15, 0.2) is 71.5 Å². The lowest BCUT2D eigenvalue weighted by Gasteiger charge is -2.32. The first kappa shape index (κ1) is 25.1. The Morgan fingerprint density at radius 3 is 2.35 bits per heavy atom. The summed E-state index contributed by atoms with van der Waals surface area (Å²) in [6.07, 6.45) is 4.23. The van der Waals surface area contributed by atoms with Crippen LogP contribution in [0.4, 0.5) is 0 Å². The van der Waals surface area contributed by atoms with Crippen molar-refractivity contribution in [2.75, 3.05) is 6.61 Å². The Bertz CT molecular complexity index is 1060. The highest BCUT2D eigenvalue weighted by Gasteiger charge is 2.29. The highest BCUT2D eigenvalue weighted by atomic mass is 16.5. The summed E-state index contributed by atoms with van der Waals surface area (Å²) in [6.45, 7) is 4.11. The average Bonchev–Trinajstić information content (AvgIpc) is 3.36. The summed E-state index contributed by atoms with van der Waals surface area (Å²) in [5.74, 6) is -0.587. The summed E-state index contributed by atoms with van der Waals surface area (Å²) >= 11 is 0. The molecule has 34 heavy (non-hydrogen) atoms. The number of carboxylic acids is 1. The van der Waals surface area contributed by atoms with Gasteiger partial charge in [0.1, 0.15) is 5.75 Å². The molecule has 1 atom stereocenters. The molecule has 0 radical (unpaired) electrons. The number of ether oxygens (including phenoxy) is 1. The van der Waals surface area contributed by atoms with Crippen molar-refractivity contribution in [1.29, 1.82) is 0 Å². The normalized spacial score (nSPS) is 11.9. The predicted octanol–water partition coefficient (Wildman–Crippen LogP) is 5.51. The molecule has 0 spiro atoms. The zero-order valence-electron chi connectivity index (χ0n) is 19.5. The van der Waals surface area contributed by atoms with Crippen LogP contribution in [-0.4, -0.2) is 39.6 Å². The van der Waals surface area contributed by atoms with Gasteiger partial charge >= 0.3 is 5.97 Å². The number of nitrogens with zero attached hydrogens (tertiary/aromatic N) is 1. The van der Waals surface area contributed by atoms with E-state index in [0.717, 1.165) is 17.5 Å². The standard InChI is InChI=1S/C27H31NO6/c1-19(2)28(26(31)21-13-11-20(12-14-21)22-15-17-33-18-22)27(32)23-8-5-6-9-24(23)34-16-7-3-4-10-25(29)30/h5-6,8-9,11-15,17-19,27,32H,3-4,7,10,16H2,1-2H3,(H,29,30). The number of carbonyl (C=O) groups is 2. The summed E-state index contributed by atoms with van der Waals surface area (Å²) in [7, 11) is 0. The Hall–Kier alpha value is -3.58. The molecular weight excluding hydrogens is 434 g/mol. The van der Waals surface area contributed by atoms with Gasteiger partial charge in [0.05, 0.1) is 19.1 Å². The Balaban J connectivity index is 1.71. The lowest BCUT2D eigenvalue weighted by Crippen LogP contribution is -2.40. The first-order valence-corrected chi connectivity index (χ1v) is 11.5. The van der Waals surface area contributed by atoms with E-state index in [4.69, 9.17) is 14.3 Å². The van der Waals surface area contributed by atoms with E-state index >= 15 is 0 Å². The van der Waals surface area contributed by atoms with Crippen molar-refractivity contribution in [1.82, 2.24) is 4.90 Å². The molecule has 1 amide bonds. The van der Waals surface area contributed by atoms with Gasteiger partial charge in [-0.3, -0.25) is 9.59 Å². The van der Waals surface area contributed by atoms with E-state index in [1.165, 1.54) is 4.90 Å². The molecule has 0 aliphatic rings. The van der Waals surface area contributed by atoms with E-state index in [1.54, 1.807) is 42.9 Å². The number of carboxylic acid groups (broad SMARTS) is 1. The molecule has 1 unspecified atom stereocenters. The fourth-order valence-electron chi connectivity index (χ4n) is 3.72. The van der Waals surface area contributed by atoms with Crippen molar-refractivity contribution >= 4 is 11.9 Å². The number of aliphatic hydroxyl groups excluding tert-OH is 1. The molecule has 3 aromatic rings. The molecule has 0 saturated heterocycles. The SMILES string of the molecule is CC(C)N(C(=O)c1ccc(-c2ccoc2)cc1)C(O)c1ccccc1OCCCCCC(=O)O. The molecule has 0 saturated carbocycles. The van der Waals surface area contributed by atoms with Crippen LogP contribution in [0.2, 0.25) is 0 Å². The minimum absolute atomic E-state index is 0.143. The summed E-state index contributed by atoms with van der Waals surface area (Å²) in [4.78, 5) is 25.4. The zero-order valence-corrected chi connectivity index (χ0v) is 19.5. The molecule has 0 bridgehead atoms. The van der Waals surface area contributed by atoms with Gasteiger partial charge in [0, 0.05) is 29.2 Å². The lowest BCUT2D eigenvalue weighted by atomic mass is 10.0. The molecule has 1 heterocycles. The number of aliphatic hydroxyl groups is 1. The zero-order chi connectivity index (χ0) is 24.5. The van der Waals surface area contributed by atoms with Crippen LogP contribution in [0.5, 0.6) is 5.75 Å². The molecule has 1 aromatic heterocycles. The van der Waals surface area contributed by atoms with E-state index < -0.39 is 12.2 Å². The number of carbonyl (C=O) groups excluding carboxylic acids is 1. The van der Waals surface area contributed by atoms with Gasteiger partial charge in [-0.1, -0.05) is 30.3 Å². The van der Waals surface area contributed by atoms with Gasteiger partial charge < -0.3 is 24.3 Å². The number of para-hydroxylation sites is 1. The molecule has 180 valence electrons. The van der Waals surface area contributed by atoms with Crippen molar-refractivity contribution in [3.63, 3.8) is 0 Å². The fourth-order valence-corrected chi connectivity index (χ4v) is 3.72. The number of benzene rings is 2. The van der Waals surface area contributed by atoms with Crippen LogP contribution >= 0.6 is 0 Å². The molecule has 7 nitrogen and oxygen atoms in total. The van der Waals surface area contributed by atoms with Crippen molar-refractivity contribution in [3.8, 4) is 16.9 Å². The van der Waals surface area contributed by atoms with Gasteiger partial charge in [-0.25, -0.2) is 0 Å². The Morgan fingerprint density at radius 1 is 0.971 bits per heavy atom. The van der Waals surface area contributed by atoms with Gasteiger partial charge in [0.15, 0.2) is 6.23 Å². The Morgan fingerprint density at radius 2 is 1.71 bits per heavy atom. The number of amides is 1. The molecule has 7 heteroatoms. The van der Waals surface area contributed by atoms with E-state index in [2.05, 4.69) is 0 Å². The second-order valence-electron chi connectivity index (χ2n) is 8.36. The smallest absolute Gasteiger partial charge is 0.303 e. The summed E-state index contributed by atoms with van der Waals surface area (Å²) < 4.78 is 11.0. The van der Waals surface area contributed by atoms with E-state index in [-0.39, 0.29) is 18.4 Å². The summed E-state index contributed by atoms with van der Waals surface area (Å²) in [6, 6.07) is 15.9. The van der Waals surface area contributed by atoms with Crippen molar-refractivity contribution in [2.24, 2.45) is 0 Å². The first-order valence-electron chi connectivity index (χ1n) is 11.5. The molecule has 2 N–H and O–H groups in total. The van der Waals surface area contributed by atoms with Crippen LogP contribution < -0.4 is 4.74 Å². The highest BCUT2D eigenvalue weighted by molar-refractivity contribution is 5.95. The Labute approximate surface area is 199 Å². The number of rotatable bonds is 12. The molecule has 3 rings (SSSR count). The van der Waals surface area contributed by atoms with Gasteiger partial charge in [0.25, 0.3) is 5.91 Å². The summed E-state index contributed by atoms with van der Waals surface area (Å²) in [5, 5.41) is 19.9. The number of aliphatic carboxylic acids is 1. The lowest BCUT2D eigenvalue weighted by molar-refractivity contribution is -0.137. The summed E-state index contributed by atoms with van der Waals surface area (Å²) in [5.41, 5.74) is 2.83. The van der Waals surface area contributed by atoms with Crippen LogP contribution in [0, 0.1) is 0 Å². The third kappa shape index (κ3) is 6.48. The van der Waals surface area contributed by atoms with Gasteiger partial charge in [-0.15, -0.1) is 0 Å². The van der Waals surface area contributed by atoms with Crippen molar-refractivity contribution in [3.05, 3.63) is 78.3 Å². The highest BCUT2D eigenvalue weighted by Crippen LogP contribution is 2.31. The third-order valence-corrected chi connectivity index (χ3v) is 5.53. The maximum absolute atomic E-state index is 13.4. The maximum atomic E-state index is 13.4. The van der Waals surface area contributed by atoms with Crippen LogP contribution in [0.3, 0.4) is 0 Å². The monoisotopic (exact) mass is 465 g/mol. The number of unbranched alkanes of at least 4 members (excludes halogenated alkanes) is 2. The third-order valence-electron chi connectivity index (χ3n) is 5.53. The second kappa shape index (κ2) is 12.0. The predicted molar refractivity (Wildman–Crippen MR) is 128 cm³/mol. The molecule has 2 aromatic carbocycles. The van der Waals surface area contributed by atoms with Crippen molar-refractivity contribution < 1.29 is 29.0 Å². The van der Waals surface area contributed by atoms with E-state index in [9.17, 15) is 14.7 Å². The number of hydrogen-bond acceptors (Lipinski definition) is 5. The van der Waals surface area contributed by atoms with E-state index in [0.29, 0.717) is 36.3 Å². The van der Waals surface area contributed by atoms with Crippen LogP contribution in [0.1, 0.15) is 61.7 Å². The first-order chi connectivity index (χ1) is 16.4. The molecule has 0 aliphatic carbocycles. The second-order valence-corrected chi connectivity index (χ2v) is 8.36. The largest absolute Gasteiger partial charge is 0.493 e. The minimum Gasteiger partial charge on any atom is -0.493 e. The Kier molecular flexibility index (Phi) is 8.87. The quantitative estimate of drug-likeness (QED) is 0.270. The molecular formula is C27H31NO6. The number of furan rings is 1. The van der Waals surface area contributed by atoms with Gasteiger partial charge in [0.2, 0.25) is 0 Å². The average molecular weight is 466 g/mol. The maximum Gasteiger partial charge on any atom is 0.303 e. The van der Waals surface area contributed by atoms with Crippen LogP contribution in [0.25, 0.3) is 11.1 Å².